The van der Waals surface area contributed by atoms with E-state index in [1.165, 1.54) is 38.5 Å². The largest absolute Gasteiger partial charge is 0.519 e. The van der Waals surface area contributed by atoms with Crippen molar-refractivity contribution in [1.29, 1.82) is 0 Å². The Hall–Kier alpha value is -0.545. The summed E-state index contributed by atoms with van der Waals surface area (Å²) in [5.74, 6) is 1.24. The molecule has 1 aliphatic carbocycles. The van der Waals surface area contributed by atoms with Crippen molar-refractivity contribution in [3.05, 3.63) is 0 Å². The Kier molecular flexibility index (Phi) is 6.36. The quantitative estimate of drug-likeness (QED) is 0.600. The number of hydrogen-bond acceptors (Lipinski definition) is 4. The predicted octanol–water partition coefficient (Wildman–Crippen LogP) is 2.51. The van der Waals surface area contributed by atoms with Gasteiger partial charge >= 0.3 is 13.0 Å². The van der Waals surface area contributed by atoms with E-state index in [0.717, 1.165) is 25.2 Å². The van der Waals surface area contributed by atoms with Gasteiger partial charge in [0.2, 0.25) is 0 Å². The van der Waals surface area contributed by atoms with E-state index in [4.69, 9.17) is 9.76 Å². The van der Waals surface area contributed by atoms with Crippen molar-refractivity contribution in [3.63, 3.8) is 0 Å². The summed E-state index contributed by atoms with van der Waals surface area (Å²) in [5, 5.41) is 12.2. The van der Waals surface area contributed by atoms with Gasteiger partial charge in [-0.2, -0.15) is 0 Å². The average Bonchev–Trinajstić information content (AvgIpc) is 2.76. The fraction of sp³-hybridized carbons (Fsp3) is 0.933. The first-order chi connectivity index (χ1) is 9.70. The van der Waals surface area contributed by atoms with E-state index in [1.54, 1.807) is 0 Å². The molecule has 5 heteroatoms. The van der Waals surface area contributed by atoms with Gasteiger partial charge in [0.1, 0.15) is 0 Å². The lowest BCUT2D eigenvalue weighted by Gasteiger charge is -2.23. The zero-order valence-corrected chi connectivity index (χ0v) is 12.6. The Bertz CT molecular complexity index is 303. The van der Waals surface area contributed by atoms with Crippen molar-refractivity contribution in [2.75, 3.05) is 6.61 Å². The summed E-state index contributed by atoms with van der Waals surface area (Å²) in [5.41, 5.74) is 0. The van der Waals surface area contributed by atoms with Crippen LogP contribution in [0.1, 0.15) is 64.7 Å². The number of aliphatic hydroxyl groups is 1. The third-order valence-corrected chi connectivity index (χ3v) is 4.77. The number of aliphatic hydroxyl groups excluding tert-OH is 1. The maximum atomic E-state index is 11.9. The molecule has 0 aromatic rings. The molecular formula is C15H28BNO3. The van der Waals surface area contributed by atoms with Crippen molar-refractivity contribution >= 4 is 13.0 Å². The van der Waals surface area contributed by atoms with Gasteiger partial charge in [-0.25, -0.2) is 0 Å². The molecule has 0 amide bonds. The molecule has 4 nitrogen and oxygen atoms in total. The first kappa shape index (κ1) is 15.8. The summed E-state index contributed by atoms with van der Waals surface area (Å²) in [4.78, 5) is 11.9. The third kappa shape index (κ3) is 4.49. The molecule has 114 valence electrons. The minimum atomic E-state index is -0.157. The lowest BCUT2D eigenvalue weighted by molar-refractivity contribution is -0.134. The fourth-order valence-electron chi connectivity index (χ4n) is 3.45. The fourth-order valence-corrected chi connectivity index (χ4v) is 3.45. The van der Waals surface area contributed by atoms with Gasteiger partial charge in [-0.05, 0) is 31.0 Å². The Labute approximate surface area is 122 Å². The number of carbonyl (C=O) groups is 1. The summed E-state index contributed by atoms with van der Waals surface area (Å²) in [7, 11) is -0.0740. The van der Waals surface area contributed by atoms with Gasteiger partial charge in [0, 0.05) is 6.61 Å². The van der Waals surface area contributed by atoms with Crippen molar-refractivity contribution < 1.29 is 14.6 Å². The van der Waals surface area contributed by atoms with Crippen molar-refractivity contribution in [1.82, 2.24) is 5.23 Å². The SMILES string of the molecule is CC1CCCC(B2N[C@@H](CCCCO)C(=O)O2)CCC1. The summed E-state index contributed by atoms with van der Waals surface area (Å²) >= 11 is 0. The van der Waals surface area contributed by atoms with Crippen molar-refractivity contribution in [2.24, 2.45) is 5.92 Å². The van der Waals surface area contributed by atoms with Crippen LogP contribution in [0.3, 0.4) is 0 Å². The highest BCUT2D eigenvalue weighted by Crippen LogP contribution is 2.32. The summed E-state index contributed by atoms with van der Waals surface area (Å²) in [6.45, 7) is 2.54. The van der Waals surface area contributed by atoms with Gasteiger partial charge in [-0.15, -0.1) is 0 Å². The summed E-state index contributed by atoms with van der Waals surface area (Å²) in [6, 6.07) is -0.157. The van der Waals surface area contributed by atoms with Crippen LogP contribution in [0, 0.1) is 5.92 Å². The number of unbranched alkanes of at least 4 members (excludes halogenated alkanes) is 1. The Morgan fingerprint density at radius 3 is 2.60 bits per heavy atom. The van der Waals surface area contributed by atoms with Gasteiger partial charge in [0.25, 0.3) is 0 Å². The van der Waals surface area contributed by atoms with Crippen LogP contribution >= 0.6 is 0 Å². The Morgan fingerprint density at radius 1 is 1.25 bits per heavy atom. The number of carbonyl (C=O) groups excluding carboxylic acids is 1. The molecule has 1 saturated heterocycles. The Morgan fingerprint density at radius 2 is 1.95 bits per heavy atom. The van der Waals surface area contributed by atoms with Crippen molar-refractivity contribution in [2.45, 2.75) is 76.6 Å². The summed E-state index contributed by atoms with van der Waals surface area (Å²) in [6.07, 6.45) is 9.84. The molecule has 0 bridgehead atoms. The highest BCUT2D eigenvalue weighted by Gasteiger charge is 2.42. The summed E-state index contributed by atoms with van der Waals surface area (Å²) < 4.78 is 5.55. The molecule has 1 saturated carbocycles. The minimum absolute atomic E-state index is 0.0740. The van der Waals surface area contributed by atoms with E-state index in [9.17, 15) is 4.79 Å². The lowest BCUT2D eigenvalue weighted by atomic mass is 9.62. The van der Waals surface area contributed by atoms with Crippen LogP contribution < -0.4 is 5.23 Å². The molecule has 0 aromatic heterocycles. The maximum absolute atomic E-state index is 11.9. The van der Waals surface area contributed by atoms with Crippen molar-refractivity contribution in [3.8, 4) is 0 Å². The molecule has 0 unspecified atom stereocenters. The van der Waals surface area contributed by atoms with Gasteiger partial charge in [0.15, 0.2) is 0 Å². The van der Waals surface area contributed by atoms with Gasteiger partial charge in [-0.1, -0.05) is 45.4 Å². The molecule has 2 rings (SSSR count). The Balaban J connectivity index is 1.79. The van der Waals surface area contributed by atoms with Crippen LogP contribution in [-0.2, 0) is 9.45 Å². The zero-order chi connectivity index (χ0) is 14.4. The van der Waals surface area contributed by atoms with Gasteiger partial charge in [0.05, 0.1) is 6.04 Å². The molecule has 0 radical (unpaired) electrons. The molecule has 0 spiro atoms. The molecule has 2 aliphatic rings. The number of rotatable bonds is 5. The molecule has 1 aliphatic heterocycles. The lowest BCUT2D eigenvalue weighted by Crippen LogP contribution is -2.38. The van der Waals surface area contributed by atoms with E-state index >= 15 is 0 Å². The molecule has 2 N–H and O–H groups in total. The standard InChI is InChI=1S/C15H28BNO3/c1-12-6-4-8-13(9-5-7-12)16-17-14(15(19)20-16)10-2-3-11-18/h12-14,17-18H,2-11H2,1H3/t12?,13?,14-/m0/s1. The number of nitrogens with one attached hydrogen (secondary N) is 1. The van der Waals surface area contributed by atoms with E-state index in [0.29, 0.717) is 5.82 Å². The van der Waals surface area contributed by atoms with Crippen LogP contribution in [0.5, 0.6) is 0 Å². The topological polar surface area (TPSA) is 58.6 Å². The normalized spacial score (nSPS) is 31.8. The molecular weight excluding hydrogens is 253 g/mol. The molecule has 1 heterocycles. The van der Waals surface area contributed by atoms with Crippen LogP contribution in [0.25, 0.3) is 0 Å². The molecule has 2 fully saturated rings. The van der Waals surface area contributed by atoms with Gasteiger partial charge in [-0.3, -0.25) is 4.79 Å². The first-order valence-corrected chi connectivity index (χ1v) is 8.28. The molecule has 20 heavy (non-hydrogen) atoms. The maximum Gasteiger partial charge on any atom is 0.452 e. The van der Waals surface area contributed by atoms with E-state index < -0.39 is 0 Å². The smallest absolute Gasteiger partial charge is 0.452 e. The second-order valence-electron chi connectivity index (χ2n) is 6.52. The molecule has 0 aromatic carbocycles. The van der Waals surface area contributed by atoms with Crippen LogP contribution in [0.4, 0.5) is 0 Å². The van der Waals surface area contributed by atoms with Crippen LogP contribution in [-0.4, -0.2) is 30.8 Å². The molecule has 1 atom stereocenters. The average molecular weight is 281 g/mol. The van der Waals surface area contributed by atoms with Crippen LogP contribution in [0.2, 0.25) is 5.82 Å². The van der Waals surface area contributed by atoms with Crippen LogP contribution in [0.15, 0.2) is 0 Å². The highest BCUT2D eigenvalue weighted by molar-refractivity contribution is 6.55. The highest BCUT2D eigenvalue weighted by atomic mass is 16.5. The van der Waals surface area contributed by atoms with Gasteiger partial charge < -0.3 is 15.0 Å². The minimum Gasteiger partial charge on any atom is -0.519 e. The monoisotopic (exact) mass is 281 g/mol. The van der Waals surface area contributed by atoms with E-state index in [1.807, 2.05) is 0 Å². The van der Waals surface area contributed by atoms with E-state index in [2.05, 4.69) is 12.2 Å². The second kappa shape index (κ2) is 8.03. The zero-order valence-electron chi connectivity index (χ0n) is 12.6. The second-order valence-corrected chi connectivity index (χ2v) is 6.52. The number of hydrogen-bond donors (Lipinski definition) is 2. The third-order valence-electron chi connectivity index (χ3n) is 4.77. The predicted molar refractivity (Wildman–Crippen MR) is 80.3 cm³/mol. The first-order valence-electron chi connectivity index (χ1n) is 8.28. The van der Waals surface area contributed by atoms with E-state index in [-0.39, 0.29) is 25.7 Å².